The highest BCUT2D eigenvalue weighted by Gasteiger charge is 2.76. The van der Waals surface area contributed by atoms with Crippen LogP contribution in [0.4, 0.5) is 0 Å². The third kappa shape index (κ3) is 5.31. The number of carbonyl (C=O) groups excluding carboxylic acids is 4. The lowest BCUT2D eigenvalue weighted by Crippen LogP contribution is -2.79. The molecule has 2 N–H and O–H groups in total. The third-order valence-electron chi connectivity index (χ3n) is 11.6. The van der Waals surface area contributed by atoms with Crippen molar-refractivity contribution < 1.29 is 57.8 Å². The molecule has 0 amide bonds. The molecular formula is C33H51NO12. The number of hydrogen-bond acceptors (Lipinski definition) is 13. The molecule has 1 heterocycles. The number of hydrogen-bond donors (Lipinski definition) is 2. The minimum Gasteiger partial charge on any atom is -0.456 e. The van der Waals surface area contributed by atoms with Crippen LogP contribution >= 0.6 is 0 Å². The van der Waals surface area contributed by atoms with Gasteiger partial charge >= 0.3 is 17.9 Å². The monoisotopic (exact) mass is 653 g/mol. The van der Waals surface area contributed by atoms with Crippen LogP contribution in [-0.2, 0) is 47.6 Å². The summed E-state index contributed by atoms with van der Waals surface area (Å²) in [5.74, 6) is -4.54. The second kappa shape index (κ2) is 12.6. The molecule has 0 aromatic carbocycles. The Kier molecular flexibility index (Phi) is 9.94. The predicted octanol–water partition coefficient (Wildman–Crippen LogP) is 1.21. The fourth-order valence-corrected chi connectivity index (χ4v) is 8.83. The molecule has 46 heavy (non-hydrogen) atoms. The lowest BCUT2D eigenvalue weighted by atomic mass is 9.42. The summed E-state index contributed by atoms with van der Waals surface area (Å²) in [4.78, 5) is 56.1. The number of fused-ring (bicyclic) bond motifs is 5. The normalized spacial score (nSPS) is 39.6. The van der Waals surface area contributed by atoms with Gasteiger partial charge < -0.3 is 43.5 Å². The number of likely N-dealkylation sites (N-methyl/N-ethyl adjacent to an activating group) is 1. The van der Waals surface area contributed by atoms with E-state index in [1.54, 1.807) is 48.7 Å². The van der Waals surface area contributed by atoms with E-state index in [2.05, 4.69) is 0 Å². The Morgan fingerprint density at radius 2 is 1.76 bits per heavy atom. The van der Waals surface area contributed by atoms with Crippen LogP contribution < -0.4 is 0 Å². The molecule has 13 heteroatoms. The largest absolute Gasteiger partial charge is 0.456 e. The van der Waals surface area contributed by atoms with Gasteiger partial charge in [0.1, 0.15) is 18.8 Å². The van der Waals surface area contributed by atoms with E-state index in [4.69, 9.17) is 28.4 Å². The number of rotatable bonds is 9. The SMILES string of the molecule is COCC(=O)OC1C(=O)[C@]2(C)C(O)CC3OCC3(OC(C)=O)C2[C@H](C)C2(O)CC(OC(=O)C(OC)C(C)N(C)C)C(C)=C1C2(C)C. The number of Topliss-reactive ketones (excluding diaryl/α,β-unsaturated/α-hetero) is 1. The van der Waals surface area contributed by atoms with Gasteiger partial charge in [0.25, 0.3) is 0 Å². The molecule has 9 unspecified atom stereocenters. The van der Waals surface area contributed by atoms with E-state index < -0.39 is 94.7 Å². The van der Waals surface area contributed by atoms with Crippen molar-refractivity contribution in [3.8, 4) is 0 Å². The first kappa shape index (κ1) is 36.4. The van der Waals surface area contributed by atoms with Crippen LogP contribution in [0.1, 0.15) is 61.3 Å². The maximum atomic E-state index is 15.0. The predicted molar refractivity (Wildman–Crippen MR) is 162 cm³/mol. The van der Waals surface area contributed by atoms with E-state index in [1.165, 1.54) is 21.1 Å². The number of nitrogens with zero attached hydrogens (tertiary/aromatic N) is 1. The number of esters is 3. The maximum absolute atomic E-state index is 15.0. The summed E-state index contributed by atoms with van der Waals surface area (Å²) in [5, 5.41) is 24.8. The standard InChI is InChI=1S/C33H51NO12/c1-16-20(44-29(39)25(42-11)18(3)34(8)9)13-33(40)17(2)27-31(7,21(36)12-22-32(27,15-43-22)46-19(4)35)28(38)26(24(16)30(33,5)6)45-23(37)14-41-10/h17-18,20-22,25-27,36,40H,12-15H2,1-11H3/t17-,18?,20?,21?,22?,25?,26?,27?,31+,32?,33?/m0/s1. The molecule has 2 saturated carbocycles. The zero-order valence-electron chi connectivity index (χ0n) is 28.9. The van der Waals surface area contributed by atoms with Gasteiger partial charge in [-0.05, 0) is 51.9 Å². The maximum Gasteiger partial charge on any atom is 0.337 e. The van der Waals surface area contributed by atoms with E-state index in [0.717, 1.165) is 0 Å². The molecule has 0 aromatic rings. The third-order valence-corrected chi connectivity index (χ3v) is 11.6. The summed E-state index contributed by atoms with van der Waals surface area (Å²) in [7, 11) is 6.33. The highest BCUT2D eigenvalue weighted by Crippen LogP contribution is 2.65. The average Bonchev–Trinajstić information content (AvgIpc) is 2.95. The molecule has 0 aromatic heterocycles. The number of ether oxygens (including phenoxy) is 6. The van der Waals surface area contributed by atoms with Gasteiger partial charge in [0.2, 0.25) is 0 Å². The topological polar surface area (TPSA) is 167 Å². The van der Waals surface area contributed by atoms with Crippen LogP contribution in [0.2, 0.25) is 0 Å². The van der Waals surface area contributed by atoms with Crippen LogP contribution in [0.5, 0.6) is 0 Å². The van der Waals surface area contributed by atoms with Gasteiger partial charge in [0.05, 0.1) is 23.7 Å². The minimum atomic E-state index is -1.74. The fraction of sp³-hybridized carbons (Fsp3) is 0.818. The van der Waals surface area contributed by atoms with Gasteiger partial charge in [-0.15, -0.1) is 0 Å². The number of aliphatic hydroxyl groups excluding tert-OH is 1. The Bertz CT molecular complexity index is 1280. The van der Waals surface area contributed by atoms with E-state index in [-0.39, 0.29) is 31.1 Å². The highest BCUT2D eigenvalue weighted by molar-refractivity contribution is 5.95. The molecule has 260 valence electrons. The van der Waals surface area contributed by atoms with Crippen molar-refractivity contribution in [1.29, 1.82) is 0 Å². The van der Waals surface area contributed by atoms with Gasteiger partial charge in [-0.2, -0.15) is 0 Å². The van der Waals surface area contributed by atoms with Crippen LogP contribution in [0.3, 0.4) is 0 Å². The number of aliphatic hydroxyl groups is 2. The summed E-state index contributed by atoms with van der Waals surface area (Å²) in [6, 6.07) is -0.356. The quantitative estimate of drug-likeness (QED) is 0.207. The molecule has 3 fully saturated rings. The second-order valence-electron chi connectivity index (χ2n) is 14.5. The Hall–Kier alpha value is -2.42. The summed E-state index contributed by atoms with van der Waals surface area (Å²) in [5.41, 5.74) is -5.29. The average molecular weight is 654 g/mol. The van der Waals surface area contributed by atoms with Gasteiger partial charge in [-0.1, -0.05) is 20.8 Å². The van der Waals surface area contributed by atoms with E-state index in [9.17, 15) is 24.6 Å². The van der Waals surface area contributed by atoms with Gasteiger partial charge in [0.15, 0.2) is 23.6 Å². The first-order chi connectivity index (χ1) is 21.3. The molecule has 13 nitrogen and oxygen atoms in total. The molecule has 3 aliphatic carbocycles. The van der Waals surface area contributed by atoms with Crippen molar-refractivity contribution in [1.82, 2.24) is 4.90 Å². The Morgan fingerprint density at radius 3 is 2.26 bits per heavy atom. The Labute approximate surface area is 270 Å². The van der Waals surface area contributed by atoms with Crippen LogP contribution in [0, 0.1) is 22.7 Å². The molecule has 1 aliphatic heterocycles. The lowest BCUT2D eigenvalue weighted by molar-refractivity contribution is -0.338. The molecule has 4 aliphatic rings. The molecular weight excluding hydrogens is 602 g/mol. The molecule has 4 rings (SSSR count). The zero-order chi connectivity index (χ0) is 34.7. The molecule has 0 radical (unpaired) electrons. The summed E-state index contributed by atoms with van der Waals surface area (Å²) >= 11 is 0. The minimum absolute atomic E-state index is 0.0139. The van der Waals surface area contributed by atoms with E-state index in [0.29, 0.717) is 5.57 Å². The van der Waals surface area contributed by atoms with Crippen molar-refractivity contribution in [3.63, 3.8) is 0 Å². The van der Waals surface area contributed by atoms with Crippen molar-refractivity contribution in [2.24, 2.45) is 22.7 Å². The van der Waals surface area contributed by atoms with Gasteiger partial charge in [-0.25, -0.2) is 9.59 Å². The van der Waals surface area contributed by atoms with Crippen LogP contribution in [0.25, 0.3) is 0 Å². The van der Waals surface area contributed by atoms with Crippen molar-refractivity contribution in [2.75, 3.05) is 41.5 Å². The molecule has 2 bridgehead atoms. The summed E-state index contributed by atoms with van der Waals surface area (Å²) in [6.45, 7) is 11.1. The smallest absolute Gasteiger partial charge is 0.337 e. The summed E-state index contributed by atoms with van der Waals surface area (Å²) < 4.78 is 34.3. The Balaban J connectivity index is 1.97. The number of ketones is 1. The van der Waals surface area contributed by atoms with Gasteiger partial charge in [-0.3, -0.25) is 9.59 Å². The molecule has 0 spiro atoms. The highest BCUT2D eigenvalue weighted by atomic mass is 16.6. The molecule has 1 saturated heterocycles. The first-order valence-corrected chi connectivity index (χ1v) is 15.8. The first-order valence-electron chi connectivity index (χ1n) is 15.8. The van der Waals surface area contributed by atoms with Crippen molar-refractivity contribution in [3.05, 3.63) is 11.1 Å². The van der Waals surface area contributed by atoms with Crippen LogP contribution in [0.15, 0.2) is 11.1 Å². The van der Waals surface area contributed by atoms with Gasteiger partial charge in [0, 0.05) is 51.4 Å². The fourth-order valence-electron chi connectivity index (χ4n) is 8.83. The molecule has 11 atom stereocenters. The number of carbonyl (C=O) groups is 4. The van der Waals surface area contributed by atoms with Crippen LogP contribution in [-0.4, -0.2) is 128 Å². The van der Waals surface area contributed by atoms with Crippen molar-refractivity contribution in [2.45, 2.75) is 109 Å². The van der Waals surface area contributed by atoms with E-state index >= 15 is 4.79 Å². The Morgan fingerprint density at radius 1 is 1.13 bits per heavy atom. The lowest BCUT2D eigenvalue weighted by Gasteiger charge is -2.68. The summed E-state index contributed by atoms with van der Waals surface area (Å²) in [6.07, 6.45) is -5.72. The van der Waals surface area contributed by atoms with Crippen molar-refractivity contribution >= 4 is 23.7 Å². The second-order valence-corrected chi connectivity index (χ2v) is 14.5. The zero-order valence-corrected chi connectivity index (χ0v) is 28.9. The van der Waals surface area contributed by atoms with E-state index in [1.807, 2.05) is 11.8 Å². The number of methoxy groups -OCH3 is 2.